The molecule has 2 aromatic rings. The summed E-state index contributed by atoms with van der Waals surface area (Å²) in [7, 11) is 0. The molecule has 10 heteroatoms. The van der Waals surface area contributed by atoms with Crippen molar-refractivity contribution in [2.24, 2.45) is 0 Å². The molecule has 0 N–H and O–H groups in total. The van der Waals surface area contributed by atoms with Crippen LogP contribution in [0.1, 0.15) is 60.2 Å². The largest absolute Gasteiger partial charge is 0.489 e. The number of fused-ring (bicyclic) bond motifs is 1. The molecule has 37 heavy (non-hydrogen) atoms. The maximum Gasteiger partial charge on any atom is 0.265 e. The Hall–Kier alpha value is -3.14. The highest BCUT2D eigenvalue weighted by molar-refractivity contribution is 6.21. The number of anilines is 1. The molecule has 2 aliphatic heterocycles. The van der Waals surface area contributed by atoms with Crippen molar-refractivity contribution in [1.82, 2.24) is 9.80 Å². The zero-order valence-corrected chi connectivity index (χ0v) is 20.8. The van der Waals surface area contributed by atoms with Crippen LogP contribution in [0, 0.1) is 23.3 Å². The predicted octanol–water partition coefficient (Wildman–Crippen LogP) is 4.76. The smallest absolute Gasteiger partial charge is 0.265 e. The third-order valence-corrected chi connectivity index (χ3v) is 7.56. The lowest BCUT2D eigenvalue weighted by atomic mass is 9.89. The number of carbonyl (C=O) groups excluding carboxylic acids is 2. The molecule has 6 nitrogen and oxygen atoms in total. The van der Waals surface area contributed by atoms with Crippen molar-refractivity contribution in [3.05, 3.63) is 58.7 Å². The lowest BCUT2D eigenvalue weighted by Crippen LogP contribution is -2.52. The van der Waals surface area contributed by atoms with Gasteiger partial charge < -0.3 is 9.64 Å². The van der Waals surface area contributed by atoms with Gasteiger partial charge in [-0.15, -0.1) is 0 Å². The second kappa shape index (κ2) is 9.96. The number of halogens is 4. The third-order valence-electron chi connectivity index (χ3n) is 7.56. The van der Waals surface area contributed by atoms with E-state index in [1.165, 1.54) is 0 Å². The highest BCUT2D eigenvalue weighted by Gasteiger charge is 2.47. The topological polar surface area (TPSA) is 53.1 Å². The molecule has 0 spiro atoms. The van der Waals surface area contributed by atoms with Crippen molar-refractivity contribution >= 4 is 17.5 Å². The monoisotopic (exact) mass is 519 g/mol. The van der Waals surface area contributed by atoms with Crippen LogP contribution in [-0.2, 0) is 0 Å². The molecule has 2 amide bonds. The molecular formula is C27H29F4N3O3. The second-order valence-corrected chi connectivity index (χ2v) is 10.1. The lowest BCUT2D eigenvalue weighted by molar-refractivity contribution is 0.0487. The van der Waals surface area contributed by atoms with Gasteiger partial charge in [0, 0.05) is 38.3 Å². The van der Waals surface area contributed by atoms with E-state index in [1.54, 1.807) is 0 Å². The van der Waals surface area contributed by atoms with Gasteiger partial charge in [-0.2, -0.15) is 0 Å². The van der Waals surface area contributed by atoms with E-state index in [0.29, 0.717) is 25.7 Å². The molecule has 3 aliphatic rings. The molecule has 2 aromatic carbocycles. The van der Waals surface area contributed by atoms with Gasteiger partial charge in [0.1, 0.15) is 5.75 Å². The summed E-state index contributed by atoms with van der Waals surface area (Å²) < 4.78 is 61.9. The van der Waals surface area contributed by atoms with Crippen LogP contribution in [0.15, 0.2) is 24.3 Å². The first kappa shape index (κ1) is 25.5. The van der Waals surface area contributed by atoms with Gasteiger partial charge in [-0.05, 0) is 51.7 Å². The Labute approximate surface area is 212 Å². The van der Waals surface area contributed by atoms with E-state index >= 15 is 0 Å². The minimum Gasteiger partial charge on any atom is -0.489 e. The maximum absolute atomic E-state index is 14.3. The van der Waals surface area contributed by atoms with Gasteiger partial charge in [0.2, 0.25) is 0 Å². The Morgan fingerprint density at radius 3 is 1.81 bits per heavy atom. The Balaban J connectivity index is 1.21. The number of benzene rings is 2. The van der Waals surface area contributed by atoms with Gasteiger partial charge >= 0.3 is 0 Å². The molecule has 0 bridgehead atoms. The van der Waals surface area contributed by atoms with E-state index in [0.717, 1.165) is 42.5 Å². The molecule has 0 radical (unpaired) electrons. The molecule has 0 atom stereocenters. The first-order valence-electron chi connectivity index (χ1n) is 12.7. The van der Waals surface area contributed by atoms with Crippen LogP contribution in [0.2, 0.25) is 0 Å². The molecule has 0 aromatic heterocycles. The van der Waals surface area contributed by atoms with Crippen LogP contribution in [0.4, 0.5) is 23.2 Å². The molecule has 1 saturated heterocycles. The van der Waals surface area contributed by atoms with E-state index in [4.69, 9.17) is 4.74 Å². The highest BCUT2D eigenvalue weighted by atomic mass is 19.2. The second-order valence-electron chi connectivity index (χ2n) is 10.1. The number of para-hydroxylation sites is 2. The van der Waals surface area contributed by atoms with Gasteiger partial charge in [0.25, 0.3) is 11.8 Å². The Bertz CT molecular complexity index is 1170. The maximum atomic E-state index is 14.3. The van der Waals surface area contributed by atoms with Crippen molar-refractivity contribution in [2.45, 2.75) is 57.7 Å². The number of hydrogen-bond donors (Lipinski definition) is 0. The van der Waals surface area contributed by atoms with Gasteiger partial charge in [-0.25, -0.2) is 17.6 Å². The number of carbonyl (C=O) groups is 2. The van der Waals surface area contributed by atoms with E-state index in [2.05, 4.69) is 15.9 Å². The zero-order chi connectivity index (χ0) is 26.4. The van der Waals surface area contributed by atoms with E-state index in [-0.39, 0.29) is 12.1 Å². The fourth-order valence-corrected chi connectivity index (χ4v) is 5.78. The fourth-order valence-electron chi connectivity index (χ4n) is 5.78. The van der Waals surface area contributed by atoms with Gasteiger partial charge in [-0.1, -0.05) is 12.1 Å². The number of ether oxygens (including phenoxy) is 1. The standard InChI is InChI=1S/C27H29F4N3O3/c1-15(2)37-19-6-4-3-5-18(19)33-13-11-32(12-14-33)16-7-9-17(10-8-16)34-26(35)20-21(27(34)36)23(29)25(31)24(30)22(20)28/h3-6,15-17H,7-14H2,1-2H3. The van der Waals surface area contributed by atoms with Crippen LogP contribution in [-0.4, -0.2) is 66.0 Å². The minimum absolute atomic E-state index is 0.0748. The van der Waals surface area contributed by atoms with Crippen molar-refractivity contribution in [1.29, 1.82) is 0 Å². The first-order valence-corrected chi connectivity index (χ1v) is 12.7. The summed E-state index contributed by atoms with van der Waals surface area (Å²) in [4.78, 5) is 31.0. The molecule has 1 saturated carbocycles. The number of nitrogens with zero attached hydrogens (tertiary/aromatic N) is 3. The summed E-state index contributed by atoms with van der Waals surface area (Å²) in [6, 6.07) is 7.66. The van der Waals surface area contributed by atoms with Crippen LogP contribution in [0.3, 0.4) is 0 Å². The minimum atomic E-state index is -2.08. The molecule has 2 fully saturated rings. The summed E-state index contributed by atoms with van der Waals surface area (Å²) in [5, 5.41) is 0. The Kier molecular flexibility index (Phi) is 6.87. The predicted molar refractivity (Wildman–Crippen MR) is 129 cm³/mol. The van der Waals surface area contributed by atoms with Crippen molar-refractivity contribution < 1.29 is 31.9 Å². The van der Waals surface area contributed by atoms with Crippen LogP contribution >= 0.6 is 0 Å². The van der Waals surface area contributed by atoms with E-state index in [1.807, 2.05) is 32.0 Å². The molecule has 5 rings (SSSR count). The molecule has 1 aliphatic carbocycles. The number of imide groups is 1. The highest BCUT2D eigenvalue weighted by Crippen LogP contribution is 2.37. The van der Waals surface area contributed by atoms with Crippen LogP contribution < -0.4 is 9.64 Å². The van der Waals surface area contributed by atoms with E-state index < -0.39 is 52.3 Å². The van der Waals surface area contributed by atoms with Crippen molar-refractivity contribution in [3.8, 4) is 5.75 Å². The average molecular weight is 520 g/mol. The third kappa shape index (κ3) is 4.45. The van der Waals surface area contributed by atoms with Gasteiger partial charge in [-0.3, -0.25) is 19.4 Å². The summed E-state index contributed by atoms with van der Waals surface area (Å²) in [5.41, 5.74) is -0.958. The molecule has 0 unspecified atom stereocenters. The summed E-state index contributed by atoms with van der Waals surface area (Å²) in [5.74, 6) is -9.14. The summed E-state index contributed by atoms with van der Waals surface area (Å²) in [6.45, 7) is 7.33. The van der Waals surface area contributed by atoms with Gasteiger partial charge in [0.15, 0.2) is 23.3 Å². The van der Waals surface area contributed by atoms with Gasteiger partial charge in [0.05, 0.1) is 22.9 Å². The molecule has 198 valence electrons. The van der Waals surface area contributed by atoms with E-state index in [9.17, 15) is 27.2 Å². The molecular weight excluding hydrogens is 490 g/mol. The van der Waals surface area contributed by atoms with Crippen molar-refractivity contribution in [3.63, 3.8) is 0 Å². The number of piperazine rings is 1. The first-order chi connectivity index (χ1) is 17.7. The lowest BCUT2D eigenvalue weighted by Gasteiger charge is -2.43. The molecule has 2 heterocycles. The SMILES string of the molecule is CC(C)Oc1ccccc1N1CCN(C2CCC(N3C(=O)c4c(F)c(F)c(F)c(F)c4C3=O)CC2)CC1. The van der Waals surface area contributed by atoms with Crippen molar-refractivity contribution in [2.75, 3.05) is 31.1 Å². The Morgan fingerprint density at radius 1 is 0.757 bits per heavy atom. The summed E-state index contributed by atoms with van der Waals surface area (Å²) >= 11 is 0. The normalized spacial score (nSPS) is 22.7. The number of rotatable bonds is 5. The van der Waals surface area contributed by atoms with Crippen LogP contribution in [0.5, 0.6) is 5.75 Å². The quantitative estimate of drug-likeness (QED) is 0.247. The average Bonchev–Trinajstić information content (AvgIpc) is 3.16. The Morgan fingerprint density at radius 2 is 1.27 bits per heavy atom. The van der Waals surface area contributed by atoms with Crippen LogP contribution in [0.25, 0.3) is 0 Å². The summed E-state index contributed by atoms with van der Waals surface area (Å²) in [6.07, 6.45) is 2.37. The number of hydrogen-bond acceptors (Lipinski definition) is 5. The fraction of sp³-hybridized carbons (Fsp3) is 0.481. The number of amides is 2. The zero-order valence-electron chi connectivity index (χ0n) is 20.8.